The minimum Gasteiger partial charge on any atom is -0.464 e. The van der Waals surface area contributed by atoms with E-state index in [0.717, 1.165) is 17.8 Å². The minimum atomic E-state index is -0.329. The lowest BCUT2D eigenvalue weighted by atomic mass is 9.92. The topological polar surface area (TPSA) is 46.8 Å². The maximum absolute atomic E-state index is 11.9. The summed E-state index contributed by atoms with van der Waals surface area (Å²) in [7, 11) is 1.40. The molecule has 3 heterocycles. The van der Waals surface area contributed by atoms with E-state index in [1.807, 2.05) is 22.7 Å². The van der Waals surface area contributed by atoms with Gasteiger partial charge in [-0.05, 0) is 64.3 Å². The van der Waals surface area contributed by atoms with Crippen molar-refractivity contribution in [3.05, 3.63) is 35.8 Å². The molecule has 1 saturated heterocycles. The third-order valence-electron chi connectivity index (χ3n) is 4.81. The molecule has 0 saturated carbocycles. The highest BCUT2D eigenvalue weighted by Gasteiger charge is 2.22. The molecule has 0 radical (unpaired) electrons. The number of carbonyl (C=O) groups is 1. The molecule has 0 aliphatic carbocycles. The van der Waals surface area contributed by atoms with Gasteiger partial charge >= 0.3 is 5.97 Å². The SMILES string of the molecule is COC(=O)c1cccc2nc(CC3CCN(C(C)C)CC3)cn12. The van der Waals surface area contributed by atoms with Crippen LogP contribution in [0.3, 0.4) is 0 Å². The van der Waals surface area contributed by atoms with E-state index in [-0.39, 0.29) is 5.97 Å². The van der Waals surface area contributed by atoms with Crippen molar-refractivity contribution in [1.29, 1.82) is 0 Å². The van der Waals surface area contributed by atoms with Crippen LogP contribution in [-0.2, 0) is 11.2 Å². The third-order valence-corrected chi connectivity index (χ3v) is 4.81. The lowest BCUT2D eigenvalue weighted by Gasteiger charge is -2.34. The second kappa shape index (κ2) is 6.71. The maximum atomic E-state index is 11.9. The number of hydrogen-bond donors (Lipinski definition) is 0. The molecule has 2 aromatic heterocycles. The van der Waals surface area contributed by atoms with E-state index in [1.165, 1.54) is 33.0 Å². The van der Waals surface area contributed by atoms with Crippen molar-refractivity contribution in [2.45, 2.75) is 39.2 Å². The lowest BCUT2D eigenvalue weighted by Crippen LogP contribution is -2.38. The molecular formula is C18H25N3O2. The van der Waals surface area contributed by atoms with Gasteiger partial charge in [0.25, 0.3) is 0 Å². The first-order valence-corrected chi connectivity index (χ1v) is 8.38. The van der Waals surface area contributed by atoms with Gasteiger partial charge in [0.15, 0.2) is 0 Å². The average Bonchev–Trinajstić information content (AvgIpc) is 2.96. The summed E-state index contributed by atoms with van der Waals surface area (Å²) in [5.74, 6) is 0.348. The number of likely N-dealkylation sites (tertiary alicyclic amines) is 1. The minimum absolute atomic E-state index is 0.329. The largest absolute Gasteiger partial charge is 0.464 e. The van der Waals surface area contributed by atoms with E-state index in [1.54, 1.807) is 6.07 Å². The molecule has 0 N–H and O–H groups in total. The fraction of sp³-hybridized carbons (Fsp3) is 0.556. The van der Waals surface area contributed by atoms with Crippen LogP contribution in [0.1, 0.15) is 42.9 Å². The van der Waals surface area contributed by atoms with Gasteiger partial charge in [0, 0.05) is 12.2 Å². The Labute approximate surface area is 137 Å². The molecular weight excluding hydrogens is 290 g/mol. The third kappa shape index (κ3) is 3.39. The Hall–Kier alpha value is -1.88. The van der Waals surface area contributed by atoms with Crippen LogP contribution in [0.5, 0.6) is 0 Å². The normalized spacial score (nSPS) is 17.0. The second-order valence-electron chi connectivity index (χ2n) is 6.64. The number of ether oxygens (including phenoxy) is 1. The van der Waals surface area contributed by atoms with Crippen molar-refractivity contribution in [1.82, 2.24) is 14.3 Å². The molecule has 0 atom stereocenters. The number of pyridine rings is 1. The Balaban J connectivity index is 1.73. The van der Waals surface area contributed by atoms with Crippen LogP contribution in [0, 0.1) is 5.92 Å². The van der Waals surface area contributed by atoms with Crippen LogP contribution in [-0.4, -0.2) is 46.5 Å². The number of methoxy groups -OCH3 is 1. The van der Waals surface area contributed by atoms with E-state index in [2.05, 4.69) is 23.7 Å². The average molecular weight is 315 g/mol. The van der Waals surface area contributed by atoms with E-state index in [0.29, 0.717) is 17.7 Å². The van der Waals surface area contributed by atoms with Gasteiger partial charge in [0.1, 0.15) is 11.3 Å². The molecule has 5 nitrogen and oxygen atoms in total. The molecule has 3 rings (SSSR count). The summed E-state index contributed by atoms with van der Waals surface area (Å²) in [6.45, 7) is 6.86. The smallest absolute Gasteiger partial charge is 0.355 e. The summed E-state index contributed by atoms with van der Waals surface area (Å²) in [5, 5.41) is 0. The predicted molar refractivity (Wildman–Crippen MR) is 89.7 cm³/mol. The van der Waals surface area contributed by atoms with Gasteiger partial charge < -0.3 is 9.64 Å². The Morgan fingerprint density at radius 2 is 2.09 bits per heavy atom. The number of carbonyl (C=O) groups excluding carboxylic acids is 1. The molecule has 1 fully saturated rings. The molecule has 5 heteroatoms. The highest BCUT2D eigenvalue weighted by atomic mass is 16.5. The highest BCUT2D eigenvalue weighted by Crippen LogP contribution is 2.23. The molecule has 0 bridgehead atoms. The van der Waals surface area contributed by atoms with Gasteiger partial charge in [-0.1, -0.05) is 6.07 Å². The zero-order chi connectivity index (χ0) is 16.4. The molecule has 1 aliphatic rings. The number of fused-ring (bicyclic) bond motifs is 1. The number of esters is 1. The lowest BCUT2D eigenvalue weighted by molar-refractivity contribution is 0.0592. The second-order valence-corrected chi connectivity index (χ2v) is 6.64. The zero-order valence-corrected chi connectivity index (χ0v) is 14.2. The first kappa shape index (κ1) is 16.0. The van der Waals surface area contributed by atoms with Crippen LogP contribution >= 0.6 is 0 Å². The van der Waals surface area contributed by atoms with Crippen molar-refractivity contribution >= 4 is 11.6 Å². The van der Waals surface area contributed by atoms with Crippen LogP contribution < -0.4 is 0 Å². The number of piperidine rings is 1. The highest BCUT2D eigenvalue weighted by molar-refractivity contribution is 5.88. The van der Waals surface area contributed by atoms with Gasteiger partial charge in [-0.2, -0.15) is 0 Å². The van der Waals surface area contributed by atoms with Crippen molar-refractivity contribution in [3.63, 3.8) is 0 Å². The Kier molecular flexibility index (Phi) is 4.66. The van der Waals surface area contributed by atoms with Crippen LogP contribution in [0.15, 0.2) is 24.4 Å². The van der Waals surface area contributed by atoms with E-state index < -0.39 is 0 Å². The first-order valence-electron chi connectivity index (χ1n) is 8.38. The van der Waals surface area contributed by atoms with E-state index in [9.17, 15) is 4.79 Å². The Morgan fingerprint density at radius 3 is 2.74 bits per heavy atom. The standard InChI is InChI=1S/C18H25N3O2/c1-13(2)20-9-7-14(8-10-20)11-15-12-21-16(18(22)23-3)5-4-6-17(21)19-15/h4-6,12-14H,7-11H2,1-3H3. The van der Waals surface area contributed by atoms with Crippen LogP contribution in [0.4, 0.5) is 0 Å². The summed E-state index contributed by atoms with van der Waals surface area (Å²) in [4.78, 5) is 19.1. The van der Waals surface area contributed by atoms with Gasteiger partial charge in [-0.15, -0.1) is 0 Å². The number of aromatic nitrogens is 2. The molecule has 23 heavy (non-hydrogen) atoms. The van der Waals surface area contributed by atoms with Crippen LogP contribution in [0.2, 0.25) is 0 Å². The van der Waals surface area contributed by atoms with Crippen molar-refractivity contribution in [2.75, 3.05) is 20.2 Å². The fourth-order valence-corrected chi connectivity index (χ4v) is 3.40. The summed E-state index contributed by atoms with van der Waals surface area (Å²) in [6, 6.07) is 6.18. The fourth-order valence-electron chi connectivity index (χ4n) is 3.40. The molecule has 1 aliphatic heterocycles. The van der Waals surface area contributed by atoms with Crippen molar-refractivity contribution in [3.8, 4) is 0 Å². The summed E-state index contributed by atoms with van der Waals surface area (Å²) in [5.41, 5.74) is 2.39. The number of nitrogens with zero attached hydrogens (tertiary/aromatic N) is 3. The van der Waals surface area contributed by atoms with Gasteiger partial charge in [-0.3, -0.25) is 4.40 Å². The monoisotopic (exact) mass is 315 g/mol. The maximum Gasteiger partial charge on any atom is 0.355 e. The van der Waals surface area contributed by atoms with Crippen LogP contribution in [0.25, 0.3) is 5.65 Å². The summed E-state index contributed by atoms with van der Waals surface area (Å²) in [6.07, 6.45) is 5.40. The van der Waals surface area contributed by atoms with E-state index in [4.69, 9.17) is 4.74 Å². The number of rotatable bonds is 4. The molecule has 2 aromatic rings. The Bertz CT molecular complexity index is 685. The molecule has 0 aromatic carbocycles. The molecule has 0 amide bonds. The molecule has 0 spiro atoms. The van der Waals surface area contributed by atoms with Gasteiger partial charge in [0.05, 0.1) is 12.8 Å². The number of imidazole rings is 1. The molecule has 124 valence electrons. The van der Waals surface area contributed by atoms with Crippen molar-refractivity contribution < 1.29 is 9.53 Å². The number of hydrogen-bond acceptors (Lipinski definition) is 4. The molecule has 0 unspecified atom stereocenters. The van der Waals surface area contributed by atoms with E-state index >= 15 is 0 Å². The quantitative estimate of drug-likeness (QED) is 0.814. The predicted octanol–water partition coefficient (Wildman–Crippen LogP) is 2.78. The Morgan fingerprint density at radius 1 is 1.35 bits per heavy atom. The zero-order valence-electron chi connectivity index (χ0n) is 14.2. The first-order chi connectivity index (χ1) is 11.1. The van der Waals surface area contributed by atoms with Gasteiger partial charge in [-0.25, -0.2) is 9.78 Å². The van der Waals surface area contributed by atoms with Crippen molar-refractivity contribution in [2.24, 2.45) is 5.92 Å². The summed E-state index contributed by atoms with van der Waals surface area (Å²) >= 11 is 0. The summed E-state index contributed by atoms with van der Waals surface area (Å²) < 4.78 is 6.68. The van der Waals surface area contributed by atoms with Gasteiger partial charge in [0.2, 0.25) is 0 Å².